The fourth-order valence-electron chi connectivity index (χ4n) is 2.50. The number of sulfonamides is 1. The Morgan fingerprint density at radius 2 is 1.92 bits per heavy atom. The van der Waals surface area contributed by atoms with Crippen LogP contribution in [-0.4, -0.2) is 51.4 Å². The van der Waals surface area contributed by atoms with E-state index in [4.69, 9.17) is 0 Å². The maximum atomic E-state index is 12.7. The number of piperidine rings is 1. The van der Waals surface area contributed by atoms with Crippen LogP contribution < -0.4 is 10.6 Å². The fourth-order valence-corrected chi connectivity index (χ4v) is 4.07. The minimum Gasteiger partial charge on any atom is -0.350 e. The van der Waals surface area contributed by atoms with Gasteiger partial charge in [0.1, 0.15) is 0 Å². The van der Waals surface area contributed by atoms with Gasteiger partial charge in [-0.15, -0.1) is 12.4 Å². The van der Waals surface area contributed by atoms with Crippen LogP contribution in [0, 0.1) is 0 Å². The zero-order chi connectivity index (χ0) is 16.9. The molecule has 1 aliphatic rings. The molecule has 1 aliphatic heterocycles. The summed E-state index contributed by atoms with van der Waals surface area (Å²) in [5.74, 6) is -0.261. The van der Waals surface area contributed by atoms with E-state index in [1.165, 1.54) is 10.4 Å². The van der Waals surface area contributed by atoms with Gasteiger partial charge in [0.05, 0.1) is 4.90 Å². The van der Waals surface area contributed by atoms with Gasteiger partial charge in [-0.1, -0.05) is 12.5 Å². The molecular weight excluding hydrogens is 350 g/mol. The van der Waals surface area contributed by atoms with Crippen LogP contribution in [0.3, 0.4) is 0 Å². The van der Waals surface area contributed by atoms with E-state index in [2.05, 4.69) is 10.6 Å². The number of nitrogens with zero attached hydrogens (tertiary/aromatic N) is 1. The summed E-state index contributed by atoms with van der Waals surface area (Å²) < 4.78 is 26.8. The van der Waals surface area contributed by atoms with Crippen molar-refractivity contribution in [3.8, 4) is 0 Å². The molecule has 1 amide bonds. The van der Waals surface area contributed by atoms with E-state index < -0.39 is 10.0 Å². The van der Waals surface area contributed by atoms with Crippen molar-refractivity contribution in [3.05, 3.63) is 29.8 Å². The van der Waals surface area contributed by atoms with Crippen molar-refractivity contribution in [1.82, 2.24) is 14.9 Å². The highest BCUT2D eigenvalue weighted by Gasteiger charge is 2.26. The number of carbonyl (C=O) groups excluding carboxylic acids is 1. The third-order valence-corrected chi connectivity index (χ3v) is 6.01. The number of halogens is 1. The lowest BCUT2D eigenvalue weighted by Crippen LogP contribution is -2.37. The quantitative estimate of drug-likeness (QED) is 0.792. The summed E-state index contributed by atoms with van der Waals surface area (Å²) >= 11 is 0. The first-order valence-corrected chi connectivity index (χ1v) is 9.45. The monoisotopic (exact) mass is 375 g/mol. The Hall–Kier alpha value is -1.15. The lowest BCUT2D eigenvalue weighted by Gasteiger charge is -2.26. The van der Waals surface area contributed by atoms with Crippen molar-refractivity contribution in [2.24, 2.45) is 0 Å². The van der Waals surface area contributed by atoms with Gasteiger partial charge in [-0.05, 0) is 45.0 Å². The van der Waals surface area contributed by atoms with Gasteiger partial charge in [0, 0.05) is 31.2 Å². The minimum atomic E-state index is -3.51. The van der Waals surface area contributed by atoms with E-state index in [-0.39, 0.29) is 29.3 Å². The van der Waals surface area contributed by atoms with Crippen LogP contribution in [0.15, 0.2) is 29.2 Å². The van der Waals surface area contributed by atoms with Crippen LogP contribution in [0.1, 0.15) is 36.5 Å². The van der Waals surface area contributed by atoms with Gasteiger partial charge < -0.3 is 10.6 Å². The third kappa shape index (κ3) is 5.17. The van der Waals surface area contributed by atoms with E-state index in [0.29, 0.717) is 25.2 Å². The summed E-state index contributed by atoms with van der Waals surface area (Å²) in [4.78, 5) is 12.4. The highest BCUT2D eigenvalue weighted by molar-refractivity contribution is 7.89. The molecule has 0 saturated carbocycles. The average molecular weight is 376 g/mol. The van der Waals surface area contributed by atoms with E-state index >= 15 is 0 Å². The smallest absolute Gasteiger partial charge is 0.251 e. The van der Waals surface area contributed by atoms with Crippen LogP contribution in [0.25, 0.3) is 0 Å². The molecule has 1 heterocycles. The van der Waals surface area contributed by atoms with Gasteiger partial charge in [0.25, 0.3) is 5.91 Å². The number of amides is 1. The van der Waals surface area contributed by atoms with Crippen molar-refractivity contribution < 1.29 is 13.2 Å². The summed E-state index contributed by atoms with van der Waals surface area (Å²) in [6.07, 6.45) is 2.85. The molecule has 1 fully saturated rings. The Morgan fingerprint density at radius 1 is 1.25 bits per heavy atom. The number of likely N-dealkylation sites (N-methyl/N-ethyl adjacent to an activating group) is 1. The Kier molecular flexibility index (Phi) is 8.15. The molecule has 1 aromatic carbocycles. The lowest BCUT2D eigenvalue weighted by molar-refractivity contribution is 0.0950. The molecule has 1 atom stereocenters. The highest BCUT2D eigenvalue weighted by Crippen LogP contribution is 2.21. The van der Waals surface area contributed by atoms with Crippen molar-refractivity contribution in [2.75, 3.05) is 26.7 Å². The molecule has 6 nitrogen and oxygen atoms in total. The van der Waals surface area contributed by atoms with E-state index in [0.717, 1.165) is 19.3 Å². The summed E-state index contributed by atoms with van der Waals surface area (Å²) in [6.45, 7) is 3.55. The molecule has 24 heavy (non-hydrogen) atoms. The van der Waals surface area contributed by atoms with Gasteiger partial charge in [0.2, 0.25) is 10.0 Å². The molecule has 1 saturated heterocycles. The molecular formula is C16H26ClN3O3S. The van der Waals surface area contributed by atoms with E-state index in [1.807, 2.05) is 14.0 Å². The number of hydrogen-bond acceptors (Lipinski definition) is 4. The van der Waals surface area contributed by atoms with Crippen molar-refractivity contribution in [1.29, 1.82) is 0 Å². The van der Waals surface area contributed by atoms with Crippen LogP contribution >= 0.6 is 12.4 Å². The molecule has 1 aromatic rings. The molecule has 136 valence electrons. The first kappa shape index (κ1) is 20.9. The van der Waals surface area contributed by atoms with Crippen molar-refractivity contribution in [2.45, 2.75) is 37.1 Å². The van der Waals surface area contributed by atoms with Crippen LogP contribution in [0.4, 0.5) is 0 Å². The summed E-state index contributed by atoms with van der Waals surface area (Å²) in [5, 5.41) is 5.83. The fraction of sp³-hybridized carbons (Fsp3) is 0.562. The van der Waals surface area contributed by atoms with E-state index in [9.17, 15) is 13.2 Å². The molecule has 2 N–H and O–H groups in total. The summed E-state index contributed by atoms with van der Waals surface area (Å²) in [5.41, 5.74) is 0.367. The maximum absolute atomic E-state index is 12.7. The van der Waals surface area contributed by atoms with E-state index in [1.54, 1.807) is 18.2 Å². The normalized spacial score (nSPS) is 16.9. The number of benzene rings is 1. The molecule has 0 aliphatic carbocycles. The topological polar surface area (TPSA) is 78.5 Å². The first-order valence-electron chi connectivity index (χ1n) is 8.01. The Bertz CT molecular complexity index is 646. The standard InChI is InChI=1S/C16H25N3O3S.ClH/c1-13(17-2)12-18-16(20)14-7-6-8-15(11-14)23(21,22)19-9-4-3-5-10-19;/h6-8,11,13,17H,3-5,9-10,12H2,1-2H3,(H,18,20);1H. The lowest BCUT2D eigenvalue weighted by atomic mass is 10.2. The van der Waals surface area contributed by atoms with Crippen LogP contribution in [0.2, 0.25) is 0 Å². The second kappa shape index (κ2) is 9.36. The predicted octanol–water partition coefficient (Wildman–Crippen LogP) is 1.62. The Morgan fingerprint density at radius 3 is 2.54 bits per heavy atom. The zero-order valence-corrected chi connectivity index (χ0v) is 15.8. The number of carbonyl (C=O) groups is 1. The number of rotatable bonds is 6. The van der Waals surface area contributed by atoms with Gasteiger partial charge in [-0.25, -0.2) is 8.42 Å². The maximum Gasteiger partial charge on any atom is 0.251 e. The molecule has 1 unspecified atom stereocenters. The average Bonchev–Trinajstić information content (AvgIpc) is 2.60. The van der Waals surface area contributed by atoms with Crippen LogP contribution in [0.5, 0.6) is 0 Å². The summed E-state index contributed by atoms with van der Waals surface area (Å²) in [7, 11) is -1.69. The Labute approximate surface area is 150 Å². The van der Waals surface area contributed by atoms with Gasteiger partial charge >= 0.3 is 0 Å². The molecule has 0 spiro atoms. The summed E-state index contributed by atoms with van der Waals surface area (Å²) in [6, 6.07) is 6.42. The van der Waals surface area contributed by atoms with Gasteiger partial charge in [-0.2, -0.15) is 4.31 Å². The van der Waals surface area contributed by atoms with Gasteiger partial charge in [0.15, 0.2) is 0 Å². The first-order chi connectivity index (χ1) is 10.9. The number of nitrogens with one attached hydrogen (secondary N) is 2. The highest BCUT2D eigenvalue weighted by atomic mass is 35.5. The predicted molar refractivity (Wildman–Crippen MR) is 97.2 cm³/mol. The number of hydrogen-bond donors (Lipinski definition) is 2. The second-order valence-corrected chi connectivity index (χ2v) is 7.83. The van der Waals surface area contributed by atoms with Crippen molar-refractivity contribution >= 4 is 28.3 Å². The molecule has 0 bridgehead atoms. The second-order valence-electron chi connectivity index (χ2n) is 5.89. The largest absolute Gasteiger partial charge is 0.350 e. The molecule has 2 rings (SSSR count). The molecule has 8 heteroatoms. The van der Waals surface area contributed by atoms with Crippen LogP contribution in [-0.2, 0) is 10.0 Å². The zero-order valence-electron chi connectivity index (χ0n) is 14.1. The van der Waals surface area contributed by atoms with Gasteiger partial charge in [-0.3, -0.25) is 4.79 Å². The molecule has 0 aromatic heterocycles. The molecule has 0 radical (unpaired) electrons. The van der Waals surface area contributed by atoms with Crippen molar-refractivity contribution in [3.63, 3.8) is 0 Å². The third-order valence-electron chi connectivity index (χ3n) is 4.11. The SMILES string of the molecule is CNC(C)CNC(=O)c1cccc(S(=O)(=O)N2CCCCC2)c1.Cl. The minimum absolute atomic E-state index is 0. The Balaban J connectivity index is 0.00000288.